The Balaban J connectivity index is 1.47. The van der Waals surface area contributed by atoms with Crippen molar-refractivity contribution in [3.05, 3.63) is 54.1 Å². The monoisotopic (exact) mass is 398 g/mol. The number of hydrogen-bond donors (Lipinski definition) is 1. The molecule has 1 aliphatic heterocycles. The maximum absolute atomic E-state index is 12.0. The molecule has 0 fully saturated rings. The van der Waals surface area contributed by atoms with Gasteiger partial charge in [0.25, 0.3) is 0 Å². The van der Waals surface area contributed by atoms with Gasteiger partial charge in [-0.1, -0.05) is 36.0 Å². The van der Waals surface area contributed by atoms with E-state index in [1.54, 1.807) is 11.8 Å². The third-order valence-electron chi connectivity index (χ3n) is 4.11. The fourth-order valence-electron chi connectivity index (χ4n) is 2.78. The number of aromatic amines is 1. The minimum Gasteiger partial charge on any atom is -0.449 e. The van der Waals surface area contributed by atoms with Crippen LogP contribution in [0, 0.1) is 0 Å². The smallest absolute Gasteiger partial charge is 0.243 e. The molecule has 1 aliphatic rings. The highest BCUT2D eigenvalue weighted by Gasteiger charge is 2.32. The summed E-state index contributed by atoms with van der Waals surface area (Å²) >= 11 is 3.17. The molecule has 6 nitrogen and oxygen atoms in total. The Hall–Kier alpha value is -2.45. The van der Waals surface area contributed by atoms with Crippen molar-refractivity contribution in [1.82, 2.24) is 15.0 Å². The summed E-state index contributed by atoms with van der Waals surface area (Å²) in [5, 5.41) is 6.55. The number of amides is 1. The molecular weight excluding hydrogens is 380 g/mol. The molecule has 1 unspecified atom stereocenters. The molecule has 3 aromatic rings. The van der Waals surface area contributed by atoms with Gasteiger partial charge in [-0.05, 0) is 30.5 Å². The highest BCUT2D eigenvalue weighted by molar-refractivity contribution is 7.99. The number of ether oxygens (including phenoxy) is 1. The number of aromatic nitrogens is 2. The Morgan fingerprint density at radius 1 is 1.22 bits per heavy atom. The molecule has 2 heterocycles. The van der Waals surface area contributed by atoms with E-state index in [0.29, 0.717) is 11.7 Å². The zero-order valence-electron chi connectivity index (χ0n) is 14.9. The summed E-state index contributed by atoms with van der Waals surface area (Å²) in [4.78, 5) is 21.0. The summed E-state index contributed by atoms with van der Waals surface area (Å²) in [6.07, 6.45) is 1.50. The van der Waals surface area contributed by atoms with Crippen LogP contribution in [-0.2, 0) is 9.53 Å². The molecule has 0 saturated carbocycles. The minimum atomic E-state index is -0.523. The van der Waals surface area contributed by atoms with E-state index in [4.69, 9.17) is 4.74 Å². The number of carbonyl (C=O) groups is 1. The Bertz CT molecular complexity index is 967. The van der Waals surface area contributed by atoms with Crippen LogP contribution >= 0.6 is 23.5 Å². The van der Waals surface area contributed by atoms with Crippen LogP contribution in [0.25, 0.3) is 11.0 Å². The molecule has 0 bridgehead atoms. The second-order valence-corrected chi connectivity index (χ2v) is 7.79. The lowest BCUT2D eigenvalue weighted by Crippen LogP contribution is -2.25. The average Bonchev–Trinajstić information content (AvgIpc) is 3.30. The first-order valence-corrected chi connectivity index (χ1v) is 10.6. The summed E-state index contributed by atoms with van der Waals surface area (Å²) in [7, 11) is 0. The summed E-state index contributed by atoms with van der Waals surface area (Å²) < 4.78 is 5.98. The predicted molar refractivity (Wildman–Crippen MR) is 109 cm³/mol. The van der Waals surface area contributed by atoms with Crippen LogP contribution in [0.5, 0.6) is 0 Å². The first-order chi connectivity index (χ1) is 13.1. The van der Waals surface area contributed by atoms with Gasteiger partial charge in [0.15, 0.2) is 5.16 Å². The molecule has 1 atom stereocenters. The number of H-pyrrole nitrogens is 1. The molecule has 0 radical (unpaired) electrons. The zero-order valence-corrected chi connectivity index (χ0v) is 16.5. The molecule has 2 aromatic carbocycles. The lowest BCUT2D eigenvalue weighted by atomic mass is 10.2. The van der Waals surface area contributed by atoms with E-state index in [-0.39, 0.29) is 5.91 Å². The number of imidazole rings is 1. The summed E-state index contributed by atoms with van der Waals surface area (Å²) in [6, 6.07) is 15.9. The van der Waals surface area contributed by atoms with E-state index in [2.05, 4.69) is 15.1 Å². The molecule has 1 N–H and O–H groups in total. The first kappa shape index (κ1) is 17.9. The van der Waals surface area contributed by atoms with Gasteiger partial charge < -0.3 is 9.72 Å². The molecular formula is C19H18N4O2S2. The Morgan fingerprint density at radius 2 is 2.00 bits per heavy atom. The zero-order chi connectivity index (χ0) is 18.8. The van der Waals surface area contributed by atoms with Gasteiger partial charge in [0.2, 0.25) is 18.0 Å². The maximum atomic E-state index is 12.0. The van der Waals surface area contributed by atoms with Crippen molar-refractivity contribution in [2.24, 2.45) is 5.10 Å². The van der Waals surface area contributed by atoms with Crippen LogP contribution in [0.1, 0.15) is 18.7 Å². The number of thioether (sulfide) groups is 2. The number of para-hydroxylation sites is 2. The number of nitrogens with one attached hydrogen (secondary N) is 1. The molecule has 0 aliphatic carbocycles. The van der Waals surface area contributed by atoms with Crippen LogP contribution in [0.3, 0.4) is 0 Å². The van der Waals surface area contributed by atoms with Crippen molar-refractivity contribution in [3.63, 3.8) is 0 Å². The van der Waals surface area contributed by atoms with E-state index < -0.39 is 6.23 Å². The number of carbonyl (C=O) groups excluding carboxylic acids is 1. The lowest BCUT2D eigenvalue weighted by Gasteiger charge is -2.19. The summed E-state index contributed by atoms with van der Waals surface area (Å²) in [5.41, 5.74) is 2.81. The van der Waals surface area contributed by atoms with Crippen LogP contribution < -0.4 is 0 Å². The van der Waals surface area contributed by atoms with Gasteiger partial charge in [0.05, 0.1) is 16.8 Å². The van der Waals surface area contributed by atoms with Gasteiger partial charge in [-0.15, -0.1) is 16.9 Å². The lowest BCUT2D eigenvalue weighted by molar-refractivity contribution is -0.135. The Kier molecular flexibility index (Phi) is 5.09. The topological polar surface area (TPSA) is 70.6 Å². The Morgan fingerprint density at radius 3 is 2.70 bits per heavy atom. The molecule has 4 rings (SSSR count). The van der Waals surface area contributed by atoms with Crippen LogP contribution in [0.15, 0.2) is 63.7 Å². The molecule has 27 heavy (non-hydrogen) atoms. The highest BCUT2D eigenvalue weighted by atomic mass is 32.2. The van der Waals surface area contributed by atoms with Gasteiger partial charge in [-0.3, -0.25) is 4.79 Å². The van der Waals surface area contributed by atoms with E-state index in [1.807, 2.05) is 54.8 Å². The first-order valence-electron chi connectivity index (χ1n) is 8.39. The van der Waals surface area contributed by atoms with Crippen molar-refractivity contribution in [2.75, 3.05) is 12.0 Å². The van der Waals surface area contributed by atoms with Crippen LogP contribution in [0.2, 0.25) is 0 Å². The molecule has 0 spiro atoms. The SMILES string of the molecule is CSc1ccc(C2OC(CSc3nc4ccccc4[nH]3)=NN2C(C)=O)cc1. The van der Waals surface area contributed by atoms with Crippen LogP contribution in [0.4, 0.5) is 0 Å². The van der Waals surface area contributed by atoms with Crippen molar-refractivity contribution in [1.29, 1.82) is 0 Å². The third-order valence-corrected chi connectivity index (χ3v) is 5.71. The number of nitrogens with zero attached hydrogens (tertiary/aromatic N) is 3. The molecule has 0 saturated heterocycles. The van der Waals surface area contributed by atoms with Gasteiger partial charge in [0.1, 0.15) is 0 Å². The van der Waals surface area contributed by atoms with Crippen LogP contribution in [-0.4, -0.2) is 38.8 Å². The van der Waals surface area contributed by atoms with Crippen molar-refractivity contribution < 1.29 is 9.53 Å². The van der Waals surface area contributed by atoms with Crippen molar-refractivity contribution in [3.8, 4) is 0 Å². The maximum Gasteiger partial charge on any atom is 0.243 e. The fourth-order valence-corrected chi connectivity index (χ4v) is 3.92. The van der Waals surface area contributed by atoms with Crippen molar-refractivity contribution in [2.45, 2.75) is 23.2 Å². The predicted octanol–water partition coefficient (Wildman–Crippen LogP) is 4.27. The number of hydrazone groups is 1. The second kappa shape index (κ2) is 7.66. The standard InChI is InChI=1S/C19H18N4O2S2/c1-12(24)23-18(13-7-9-14(26-2)10-8-13)25-17(22-23)11-27-19-20-15-5-3-4-6-16(15)21-19/h3-10,18H,11H2,1-2H3,(H,20,21). The van der Waals surface area contributed by atoms with Gasteiger partial charge >= 0.3 is 0 Å². The summed E-state index contributed by atoms with van der Waals surface area (Å²) in [6.45, 7) is 1.49. The average molecular weight is 399 g/mol. The molecule has 1 aromatic heterocycles. The summed E-state index contributed by atoms with van der Waals surface area (Å²) in [5.74, 6) is 0.843. The Labute approximate surface area is 165 Å². The highest BCUT2D eigenvalue weighted by Crippen LogP contribution is 2.31. The van der Waals surface area contributed by atoms with Crippen molar-refractivity contribution >= 4 is 46.4 Å². The normalized spacial score (nSPS) is 16.4. The molecule has 138 valence electrons. The van der Waals surface area contributed by atoms with E-state index in [1.165, 1.54) is 23.7 Å². The van der Waals surface area contributed by atoms with Gasteiger partial charge in [-0.25, -0.2) is 4.98 Å². The van der Waals surface area contributed by atoms with Gasteiger partial charge in [-0.2, -0.15) is 5.01 Å². The molecule has 8 heteroatoms. The minimum absolute atomic E-state index is 0.155. The molecule has 1 amide bonds. The van der Waals surface area contributed by atoms with E-state index >= 15 is 0 Å². The van der Waals surface area contributed by atoms with E-state index in [0.717, 1.165) is 26.6 Å². The number of benzene rings is 2. The third kappa shape index (κ3) is 3.81. The number of hydrogen-bond acceptors (Lipinski definition) is 6. The van der Waals surface area contributed by atoms with Gasteiger partial charge in [0, 0.05) is 17.4 Å². The quantitative estimate of drug-likeness (QED) is 0.650. The van der Waals surface area contributed by atoms with E-state index in [9.17, 15) is 4.79 Å². The largest absolute Gasteiger partial charge is 0.449 e. The number of rotatable bonds is 5. The number of fused-ring (bicyclic) bond motifs is 1. The fraction of sp³-hybridized carbons (Fsp3) is 0.211. The second-order valence-electron chi connectivity index (χ2n) is 5.95.